The fourth-order valence-electron chi connectivity index (χ4n) is 0.851. The molecule has 1 aromatic heterocycles. The molecule has 12 heavy (non-hydrogen) atoms. The molecular formula is C7H11N3S2. The molecule has 0 fully saturated rings. The van der Waals surface area contributed by atoms with E-state index in [9.17, 15) is 0 Å². The number of rotatable bonds is 2. The lowest BCUT2D eigenvalue weighted by Gasteiger charge is -1.95. The van der Waals surface area contributed by atoms with E-state index in [2.05, 4.69) is 4.98 Å². The van der Waals surface area contributed by atoms with E-state index >= 15 is 0 Å². The number of nitrogens with zero attached hydrogens (tertiary/aromatic N) is 1. The highest BCUT2D eigenvalue weighted by molar-refractivity contribution is 8.13. The van der Waals surface area contributed by atoms with Gasteiger partial charge in [-0.3, -0.25) is 5.41 Å². The van der Waals surface area contributed by atoms with Gasteiger partial charge in [0.05, 0.1) is 10.7 Å². The largest absolute Gasteiger partial charge is 0.379 e. The van der Waals surface area contributed by atoms with Gasteiger partial charge in [0.25, 0.3) is 0 Å². The molecular weight excluding hydrogens is 190 g/mol. The van der Waals surface area contributed by atoms with Crippen LogP contribution in [-0.4, -0.2) is 10.2 Å². The molecule has 0 atom stereocenters. The van der Waals surface area contributed by atoms with Gasteiger partial charge in [0.2, 0.25) is 0 Å². The van der Waals surface area contributed by atoms with E-state index in [-0.39, 0.29) is 5.17 Å². The molecule has 0 aliphatic rings. The van der Waals surface area contributed by atoms with Gasteiger partial charge < -0.3 is 5.73 Å². The van der Waals surface area contributed by atoms with Crippen molar-refractivity contribution in [2.24, 2.45) is 5.73 Å². The second kappa shape index (κ2) is 3.91. The molecule has 3 N–H and O–H groups in total. The van der Waals surface area contributed by atoms with Gasteiger partial charge in [0.15, 0.2) is 5.17 Å². The molecule has 0 saturated carbocycles. The Morgan fingerprint density at radius 3 is 2.75 bits per heavy atom. The van der Waals surface area contributed by atoms with E-state index in [0.717, 1.165) is 16.5 Å². The average molecular weight is 201 g/mol. The van der Waals surface area contributed by atoms with Crippen molar-refractivity contribution in [2.75, 3.05) is 0 Å². The van der Waals surface area contributed by atoms with Crippen LogP contribution in [0.3, 0.4) is 0 Å². The maximum atomic E-state index is 7.05. The summed E-state index contributed by atoms with van der Waals surface area (Å²) in [5.74, 6) is 0.771. The van der Waals surface area contributed by atoms with Crippen LogP contribution in [0.1, 0.15) is 15.6 Å². The summed E-state index contributed by atoms with van der Waals surface area (Å²) in [5.41, 5.74) is 6.29. The van der Waals surface area contributed by atoms with Crippen LogP contribution in [0.15, 0.2) is 0 Å². The van der Waals surface area contributed by atoms with E-state index in [4.69, 9.17) is 11.1 Å². The highest BCUT2D eigenvalue weighted by Crippen LogP contribution is 2.22. The minimum atomic E-state index is 0.167. The minimum Gasteiger partial charge on any atom is -0.379 e. The molecule has 5 heteroatoms. The van der Waals surface area contributed by atoms with Crippen molar-refractivity contribution >= 4 is 28.3 Å². The summed E-state index contributed by atoms with van der Waals surface area (Å²) in [5, 5.41) is 8.29. The van der Waals surface area contributed by atoms with E-state index < -0.39 is 0 Å². The van der Waals surface area contributed by atoms with Crippen LogP contribution in [0.5, 0.6) is 0 Å². The number of aryl methyl sites for hydroxylation is 2. The molecule has 0 saturated heterocycles. The Bertz CT molecular complexity index is 293. The van der Waals surface area contributed by atoms with Crippen LogP contribution in [0.2, 0.25) is 0 Å². The maximum absolute atomic E-state index is 7.05. The van der Waals surface area contributed by atoms with Crippen LogP contribution in [0.4, 0.5) is 0 Å². The number of aromatic nitrogens is 1. The lowest BCUT2D eigenvalue weighted by molar-refractivity contribution is 1.17. The van der Waals surface area contributed by atoms with Gasteiger partial charge in [-0.05, 0) is 13.8 Å². The number of nitrogens with one attached hydrogen (secondary N) is 1. The first-order chi connectivity index (χ1) is 5.59. The zero-order valence-corrected chi connectivity index (χ0v) is 8.68. The third kappa shape index (κ3) is 2.49. The van der Waals surface area contributed by atoms with Crippen LogP contribution in [-0.2, 0) is 5.75 Å². The van der Waals surface area contributed by atoms with Crippen molar-refractivity contribution < 1.29 is 0 Å². The Labute approximate surface area is 79.9 Å². The van der Waals surface area contributed by atoms with Crippen molar-refractivity contribution in [3.05, 3.63) is 15.6 Å². The van der Waals surface area contributed by atoms with E-state index in [0.29, 0.717) is 0 Å². The predicted molar refractivity (Wildman–Crippen MR) is 54.8 cm³/mol. The van der Waals surface area contributed by atoms with Gasteiger partial charge in [-0.25, -0.2) is 4.98 Å². The molecule has 66 valence electrons. The standard InChI is InChI=1S/C7H11N3S2/c1-4-6(3-11-7(8)9)12-5(2)10-4/h3H2,1-2H3,(H3,8,9). The third-order valence-corrected chi connectivity index (χ3v) is 3.36. The van der Waals surface area contributed by atoms with E-state index in [1.165, 1.54) is 16.6 Å². The van der Waals surface area contributed by atoms with Gasteiger partial charge in [-0.2, -0.15) is 0 Å². The summed E-state index contributed by atoms with van der Waals surface area (Å²) in [6.07, 6.45) is 0. The van der Waals surface area contributed by atoms with Gasteiger partial charge in [-0.15, -0.1) is 11.3 Å². The molecule has 0 aliphatic carbocycles. The SMILES string of the molecule is Cc1nc(C)c(CSC(=N)N)s1. The fraction of sp³-hybridized carbons (Fsp3) is 0.429. The molecule has 0 aromatic carbocycles. The Morgan fingerprint density at radius 1 is 1.67 bits per heavy atom. The number of nitrogens with two attached hydrogens (primary N) is 1. The number of amidine groups is 1. The number of hydrogen-bond donors (Lipinski definition) is 2. The summed E-state index contributed by atoms with van der Waals surface area (Å²) < 4.78 is 0. The second-order valence-electron chi connectivity index (χ2n) is 2.39. The first-order valence-corrected chi connectivity index (χ1v) is 5.29. The van der Waals surface area contributed by atoms with Crippen LogP contribution in [0, 0.1) is 19.3 Å². The van der Waals surface area contributed by atoms with Crippen LogP contribution in [0.25, 0.3) is 0 Å². The molecule has 0 amide bonds. The molecule has 1 aromatic rings. The van der Waals surface area contributed by atoms with Gasteiger partial charge in [-0.1, -0.05) is 11.8 Å². The molecule has 1 heterocycles. The Morgan fingerprint density at radius 2 is 2.33 bits per heavy atom. The summed E-state index contributed by atoms with van der Waals surface area (Å²) in [6, 6.07) is 0. The monoisotopic (exact) mass is 201 g/mol. The topological polar surface area (TPSA) is 62.8 Å². The van der Waals surface area contributed by atoms with Crippen molar-refractivity contribution in [1.29, 1.82) is 5.41 Å². The second-order valence-corrected chi connectivity index (χ2v) is 4.70. The molecule has 0 bridgehead atoms. The lowest BCUT2D eigenvalue weighted by Crippen LogP contribution is -2.03. The highest BCUT2D eigenvalue weighted by atomic mass is 32.2. The Kier molecular flexibility index (Phi) is 3.11. The highest BCUT2D eigenvalue weighted by Gasteiger charge is 2.04. The predicted octanol–water partition coefficient (Wildman–Crippen LogP) is 1.89. The smallest absolute Gasteiger partial charge is 0.151 e. The van der Waals surface area contributed by atoms with Gasteiger partial charge in [0, 0.05) is 10.6 Å². The average Bonchev–Trinajstić information content (AvgIpc) is 2.26. The van der Waals surface area contributed by atoms with Crippen LogP contribution >= 0.6 is 23.1 Å². The normalized spacial score (nSPS) is 10.2. The van der Waals surface area contributed by atoms with Gasteiger partial charge in [0.1, 0.15) is 0 Å². The Hall–Kier alpha value is -0.550. The summed E-state index contributed by atoms with van der Waals surface area (Å²) in [7, 11) is 0. The molecule has 0 radical (unpaired) electrons. The zero-order valence-electron chi connectivity index (χ0n) is 7.05. The molecule has 3 nitrogen and oxygen atoms in total. The first kappa shape index (κ1) is 9.54. The number of thiazole rings is 1. The molecule has 0 unspecified atom stereocenters. The summed E-state index contributed by atoms with van der Waals surface area (Å²) in [6.45, 7) is 3.97. The van der Waals surface area contributed by atoms with Crippen molar-refractivity contribution in [2.45, 2.75) is 19.6 Å². The maximum Gasteiger partial charge on any atom is 0.151 e. The number of hydrogen-bond acceptors (Lipinski definition) is 4. The molecule has 0 aliphatic heterocycles. The zero-order chi connectivity index (χ0) is 9.14. The summed E-state index contributed by atoms with van der Waals surface area (Å²) in [4.78, 5) is 5.50. The number of thioether (sulfide) groups is 1. The van der Waals surface area contributed by atoms with E-state index in [1.54, 1.807) is 11.3 Å². The van der Waals surface area contributed by atoms with Gasteiger partial charge >= 0.3 is 0 Å². The molecule has 1 rings (SSSR count). The van der Waals surface area contributed by atoms with Crippen molar-refractivity contribution in [1.82, 2.24) is 4.98 Å². The summed E-state index contributed by atoms with van der Waals surface area (Å²) >= 11 is 3.02. The van der Waals surface area contributed by atoms with E-state index in [1.807, 2.05) is 13.8 Å². The van der Waals surface area contributed by atoms with Crippen LogP contribution < -0.4 is 5.73 Å². The van der Waals surface area contributed by atoms with Crippen molar-refractivity contribution in [3.63, 3.8) is 0 Å². The first-order valence-electron chi connectivity index (χ1n) is 3.49. The Balaban J connectivity index is 2.62. The molecule has 0 spiro atoms. The minimum absolute atomic E-state index is 0.167. The fourth-order valence-corrected chi connectivity index (χ4v) is 2.49. The quantitative estimate of drug-likeness (QED) is 0.567. The van der Waals surface area contributed by atoms with Crippen molar-refractivity contribution in [3.8, 4) is 0 Å². The third-order valence-electron chi connectivity index (χ3n) is 1.36. The lowest BCUT2D eigenvalue weighted by atomic mass is 10.4.